The summed E-state index contributed by atoms with van der Waals surface area (Å²) in [6.07, 6.45) is 13.6. The van der Waals surface area contributed by atoms with Gasteiger partial charge in [0.25, 0.3) is 0 Å². The van der Waals surface area contributed by atoms with Crippen molar-refractivity contribution in [2.45, 2.75) is 91.0 Å². The SMILES string of the molecule is C=CCC(CCC)O[Si](OC(/C=C/C)/C=C/C)(C(C)C)C(C)C. The minimum absolute atomic E-state index is 0.00697. The summed E-state index contributed by atoms with van der Waals surface area (Å²) in [4.78, 5) is 0. The highest BCUT2D eigenvalue weighted by Gasteiger charge is 2.47. The lowest BCUT2D eigenvalue weighted by Crippen LogP contribution is -2.52. The van der Waals surface area contributed by atoms with Crippen molar-refractivity contribution < 1.29 is 8.85 Å². The van der Waals surface area contributed by atoms with Gasteiger partial charge in [0, 0.05) is 0 Å². The monoisotopic (exact) mass is 338 g/mol. The Labute approximate surface area is 145 Å². The predicted octanol–water partition coefficient (Wildman–Crippen LogP) is 6.55. The fourth-order valence-electron chi connectivity index (χ4n) is 2.97. The van der Waals surface area contributed by atoms with Gasteiger partial charge >= 0.3 is 8.56 Å². The summed E-state index contributed by atoms with van der Waals surface area (Å²) < 4.78 is 13.4. The molecule has 0 aliphatic carbocycles. The van der Waals surface area contributed by atoms with Gasteiger partial charge in [-0.05, 0) is 37.8 Å². The number of allylic oxidation sites excluding steroid dienone is 2. The largest absolute Gasteiger partial charge is 0.390 e. The number of rotatable bonds is 12. The summed E-state index contributed by atoms with van der Waals surface area (Å²) in [7, 11) is -2.38. The average molecular weight is 339 g/mol. The highest BCUT2D eigenvalue weighted by molar-refractivity contribution is 6.70. The third-order valence-electron chi connectivity index (χ3n) is 4.09. The third-order valence-corrected chi connectivity index (χ3v) is 8.65. The zero-order valence-corrected chi connectivity index (χ0v) is 17.3. The fraction of sp³-hybridized carbons (Fsp3) is 0.700. The van der Waals surface area contributed by atoms with Gasteiger partial charge in [0.05, 0.1) is 12.2 Å². The number of hydrogen-bond acceptors (Lipinski definition) is 2. The maximum absolute atomic E-state index is 6.74. The van der Waals surface area contributed by atoms with Crippen LogP contribution in [0.3, 0.4) is 0 Å². The molecule has 0 aliphatic heterocycles. The molecule has 0 radical (unpaired) electrons. The molecule has 134 valence electrons. The van der Waals surface area contributed by atoms with E-state index >= 15 is 0 Å². The van der Waals surface area contributed by atoms with Crippen molar-refractivity contribution in [2.75, 3.05) is 0 Å². The highest BCUT2D eigenvalue weighted by Crippen LogP contribution is 2.38. The first-order chi connectivity index (χ1) is 10.9. The Balaban J connectivity index is 5.56. The summed E-state index contributed by atoms with van der Waals surface area (Å²) in [6, 6.07) is 0. The Morgan fingerprint density at radius 2 is 1.48 bits per heavy atom. The first-order valence-electron chi connectivity index (χ1n) is 9.09. The van der Waals surface area contributed by atoms with Crippen LogP contribution in [0.4, 0.5) is 0 Å². The molecular weight excluding hydrogens is 300 g/mol. The lowest BCUT2D eigenvalue weighted by atomic mass is 10.1. The molecule has 1 atom stereocenters. The van der Waals surface area contributed by atoms with Gasteiger partial charge in [-0.1, -0.05) is 71.4 Å². The first kappa shape index (κ1) is 22.4. The molecule has 0 spiro atoms. The van der Waals surface area contributed by atoms with Crippen LogP contribution >= 0.6 is 0 Å². The van der Waals surface area contributed by atoms with Crippen LogP contribution in [0.15, 0.2) is 37.0 Å². The van der Waals surface area contributed by atoms with Crippen LogP contribution < -0.4 is 0 Å². The molecule has 0 amide bonds. The molecule has 0 rings (SSSR count). The van der Waals surface area contributed by atoms with Gasteiger partial charge < -0.3 is 8.85 Å². The second kappa shape index (κ2) is 11.8. The summed E-state index contributed by atoms with van der Waals surface area (Å²) in [5.41, 5.74) is 0.786. The van der Waals surface area contributed by atoms with Crippen molar-refractivity contribution in [3.63, 3.8) is 0 Å². The van der Waals surface area contributed by atoms with Gasteiger partial charge in [0.15, 0.2) is 0 Å². The molecule has 0 aromatic carbocycles. The highest BCUT2D eigenvalue weighted by atomic mass is 28.4. The minimum atomic E-state index is -2.38. The Morgan fingerprint density at radius 1 is 0.957 bits per heavy atom. The molecular formula is C20H38O2Si. The fourth-order valence-corrected chi connectivity index (χ4v) is 6.76. The molecule has 23 heavy (non-hydrogen) atoms. The van der Waals surface area contributed by atoms with Crippen molar-refractivity contribution >= 4 is 8.56 Å². The molecule has 0 aromatic heterocycles. The Bertz CT molecular complexity index is 352. The summed E-state index contributed by atoms with van der Waals surface area (Å²) in [5.74, 6) is 0. The zero-order valence-electron chi connectivity index (χ0n) is 16.3. The van der Waals surface area contributed by atoms with E-state index in [1.165, 1.54) is 0 Å². The smallest absolute Gasteiger partial charge is 0.344 e. The predicted molar refractivity (Wildman–Crippen MR) is 105 cm³/mol. The molecule has 3 heteroatoms. The van der Waals surface area contributed by atoms with Crippen molar-refractivity contribution in [1.29, 1.82) is 0 Å². The molecule has 2 nitrogen and oxygen atoms in total. The lowest BCUT2D eigenvalue weighted by molar-refractivity contribution is 0.0888. The van der Waals surface area contributed by atoms with E-state index in [0.29, 0.717) is 11.1 Å². The molecule has 1 unspecified atom stereocenters. The van der Waals surface area contributed by atoms with Crippen LogP contribution in [0.25, 0.3) is 0 Å². The van der Waals surface area contributed by atoms with Crippen molar-refractivity contribution in [1.82, 2.24) is 0 Å². The van der Waals surface area contributed by atoms with Crippen LogP contribution in [-0.2, 0) is 8.85 Å². The van der Waals surface area contributed by atoms with Crippen LogP contribution in [-0.4, -0.2) is 20.8 Å². The quantitative estimate of drug-likeness (QED) is 0.297. The second-order valence-electron chi connectivity index (χ2n) is 6.72. The van der Waals surface area contributed by atoms with Crippen LogP contribution in [0.1, 0.15) is 67.7 Å². The maximum atomic E-state index is 6.74. The second-order valence-corrected chi connectivity index (χ2v) is 10.9. The molecule has 0 saturated heterocycles. The summed E-state index contributed by atoms with van der Waals surface area (Å²) >= 11 is 0. The van der Waals surface area contributed by atoms with Crippen LogP contribution in [0.5, 0.6) is 0 Å². The molecule has 0 aromatic rings. The summed E-state index contributed by atoms with van der Waals surface area (Å²) in [6.45, 7) is 19.1. The van der Waals surface area contributed by atoms with Crippen molar-refractivity contribution in [3.05, 3.63) is 37.0 Å². The minimum Gasteiger partial charge on any atom is -0.390 e. The van der Waals surface area contributed by atoms with Crippen molar-refractivity contribution in [3.8, 4) is 0 Å². The Hall–Kier alpha value is -0.643. The van der Waals surface area contributed by atoms with E-state index in [1.807, 2.05) is 19.9 Å². The normalized spacial score (nSPS) is 14.7. The maximum Gasteiger partial charge on any atom is 0.344 e. The van der Waals surface area contributed by atoms with E-state index in [0.717, 1.165) is 19.3 Å². The van der Waals surface area contributed by atoms with Gasteiger partial charge in [0.2, 0.25) is 0 Å². The van der Waals surface area contributed by atoms with Gasteiger partial charge in [0.1, 0.15) is 0 Å². The topological polar surface area (TPSA) is 18.5 Å². The molecule has 0 heterocycles. The standard InChI is InChI=1S/C20H38O2Si/c1-9-13-19(14-10-2)21-23(17(5)6,18(7)8)22-20(15-11-3)16-12-4/h9,11-12,15-20H,1,10,13-14H2,2-8H3/b15-11+,16-12+. The Morgan fingerprint density at radius 3 is 1.83 bits per heavy atom. The number of hydrogen-bond donors (Lipinski definition) is 0. The molecule has 0 aliphatic rings. The van der Waals surface area contributed by atoms with Gasteiger partial charge in [-0.2, -0.15) is 0 Å². The Kier molecular flexibility index (Phi) is 11.5. The zero-order chi connectivity index (χ0) is 17.9. The van der Waals surface area contributed by atoms with E-state index in [4.69, 9.17) is 8.85 Å². The molecule has 0 bridgehead atoms. The van der Waals surface area contributed by atoms with E-state index < -0.39 is 8.56 Å². The third kappa shape index (κ3) is 7.19. The molecule has 0 saturated carbocycles. The molecule has 0 fully saturated rings. The van der Waals surface area contributed by atoms with E-state index in [-0.39, 0.29) is 12.2 Å². The first-order valence-corrected chi connectivity index (χ1v) is 11.1. The summed E-state index contributed by atoms with van der Waals surface area (Å²) in [5, 5.41) is 0. The van der Waals surface area contributed by atoms with Gasteiger partial charge in [-0.25, -0.2) is 0 Å². The van der Waals surface area contributed by atoms with Crippen molar-refractivity contribution in [2.24, 2.45) is 0 Å². The van der Waals surface area contributed by atoms with E-state index in [9.17, 15) is 0 Å². The van der Waals surface area contributed by atoms with Crippen LogP contribution in [0, 0.1) is 0 Å². The van der Waals surface area contributed by atoms with Gasteiger partial charge in [-0.15, -0.1) is 6.58 Å². The van der Waals surface area contributed by atoms with E-state index in [2.05, 4.69) is 65.5 Å². The molecule has 0 N–H and O–H groups in total. The lowest BCUT2D eigenvalue weighted by Gasteiger charge is -2.41. The van der Waals surface area contributed by atoms with Gasteiger partial charge in [-0.3, -0.25) is 0 Å². The van der Waals surface area contributed by atoms with E-state index in [1.54, 1.807) is 0 Å². The van der Waals surface area contributed by atoms with Crippen LogP contribution in [0.2, 0.25) is 11.1 Å². The average Bonchev–Trinajstić information content (AvgIpc) is 2.46.